The van der Waals surface area contributed by atoms with Crippen molar-refractivity contribution in [3.63, 3.8) is 0 Å². The van der Waals surface area contributed by atoms with Gasteiger partial charge in [-0.25, -0.2) is 15.6 Å². The van der Waals surface area contributed by atoms with Crippen molar-refractivity contribution in [2.45, 2.75) is 32.7 Å². The molecule has 0 fully saturated rings. The van der Waals surface area contributed by atoms with Gasteiger partial charge in [-0.1, -0.05) is 6.92 Å². The molecule has 0 saturated heterocycles. The summed E-state index contributed by atoms with van der Waals surface area (Å²) in [4.78, 5) is 16.3. The summed E-state index contributed by atoms with van der Waals surface area (Å²) in [5, 5.41) is 35.5. The molecule has 1 rings (SSSR count). The van der Waals surface area contributed by atoms with Crippen molar-refractivity contribution in [3.8, 4) is 6.19 Å². The van der Waals surface area contributed by atoms with Gasteiger partial charge in [-0.15, -0.1) is 0 Å². The Kier molecular flexibility index (Phi) is 6.95. The Hall–Kier alpha value is -2.86. The minimum Gasteiger partial charge on any atom is -0.395 e. The van der Waals surface area contributed by atoms with E-state index in [1.165, 1.54) is 12.1 Å². The van der Waals surface area contributed by atoms with E-state index in [0.29, 0.717) is 4.73 Å². The first kappa shape index (κ1) is 19.2. The smallest absolute Gasteiger partial charge is 0.322 e. The van der Waals surface area contributed by atoms with E-state index in [1.807, 2.05) is 20.8 Å². The molecule has 24 heavy (non-hydrogen) atoms. The Balaban J connectivity index is 3.09. The summed E-state index contributed by atoms with van der Waals surface area (Å²) < 4.78 is 0.653. The second kappa shape index (κ2) is 8.69. The van der Waals surface area contributed by atoms with E-state index >= 15 is 0 Å². The lowest BCUT2D eigenvalue weighted by atomic mass is 10.0. The lowest BCUT2D eigenvalue weighted by Gasteiger charge is -2.17. The number of anilines is 1. The van der Waals surface area contributed by atoms with Crippen molar-refractivity contribution in [1.82, 2.24) is 10.6 Å². The van der Waals surface area contributed by atoms with E-state index in [0.717, 1.165) is 6.42 Å². The van der Waals surface area contributed by atoms with E-state index < -0.39 is 11.4 Å². The molecule has 9 heteroatoms. The Morgan fingerprint density at radius 3 is 2.75 bits per heavy atom. The van der Waals surface area contributed by atoms with Crippen molar-refractivity contribution in [2.24, 2.45) is 4.99 Å². The van der Waals surface area contributed by atoms with Gasteiger partial charge in [0.1, 0.15) is 0 Å². The molecule has 1 aromatic heterocycles. The van der Waals surface area contributed by atoms with Crippen LogP contribution < -0.4 is 20.7 Å². The molecule has 0 saturated carbocycles. The number of carbonyl (C=O) groups is 1. The van der Waals surface area contributed by atoms with Crippen molar-refractivity contribution in [2.75, 3.05) is 18.5 Å². The minimum atomic E-state index is -0.546. The second-order valence-corrected chi connectivity index (χ2v) is 5.58. The molecule has 0 radical (unpaired) electrons. The topological polar surface area (TPSA) is 134 Å². The average molecular weight is 335 g/mol. The third kappa shape index (κ3) is 5.40. The third-order valence-corrected chi connectivity index (χ3v) is 3.30. The Morgan fingerprint density at radius 1 is 1.46 bits per heavy atom. The summed E-state index contributed by atoms with van der Waals surface area (Å²) in [5.41, 5.74) is -0.442. The molecule has 0 aliphatic carbocycles. The number of amides is 1. The van der Waals surface area contributed by atoms with Crippen LogP contribution in [-0.4, -0.2) is 40.9 Å². The van der Waals surface area contributed by atoms with Gasteiger partial charge in [-0.2, -0.15) is 5.26 Å². The Labute approximate surface area is 140 Å². The number of guanidine groups is 1. The fourth-order valence-corrected chi connectivity index (χ4v) is 1.67. The summed E-state index contributed by atoms with van der Waals surface area (Å²) in [6.07, 6.45) is 2.52. The fourth-order valence-electron chi connectivity index (χ4n) is 1.67. The number of rotatable bonds is 6. The Morgan fingerprint density at radius 2 is 2.17 bits per heavy atom. The van der Waals surface area contributed by atoms with E-state index in [9.17, 15) is 10.0 Å². The van der Waals surface area contributed by atoms with Crippen molar-refractivity contribution >= 4 is 17.7 Å². The van der Waals surface area contributed by atoms with E-state index in [2.05, 4.69) is 20.9 Å². The highest BCUT2D eigenvalue weighted by molar-refractivity contribution is 5.94. The van der Waals surface area contributed by atoms with Gasteiger partial charge in [0.05, 0.1) is 12.1 Å². The molecule has 130 valence electrons. The Bertz CT molecular complexity index is 651. The number of nitrogens with zero attached hydrogens (tertiary/aromatic N) is 3. The molecule has 1 aromatic rings. The first-order valence-corrected chi connectivity index (χ1v) is 7.50. The number of aromatic nitrogens is 1. The molecule has 0 atom stereocenters. The number of pyridine rings is 1. The summed E-state index contributed by atoms with van der Waals surface area (Å²) in [6.45, 7) is 5.64. The highest BCUT2D eigenvalue weighted by Crippen LogP contribution is 2.13. The largest absolute Gasteiger partial charge is 0.395 e. The summed E-state index contributed by atoms with van der Waals surface area (Å²) >= 11 is 0. The number of hydrogen-bond acceptors (Lipinski definition) is 5. The maximum atomic E-state index is 11.9. The molecule has 0 spiro atoms. The van der Waals surface area contributed by atoms with Crippen LogP contribution in [-0.2, 0) is 0 Å². The number of aliphatic hydroxyl groups excluding tert-OH is 1. The van der Waals surface area contributed by atoms with E-state index in [-0.39, 0.29) is 30.6 Å². The molecule has 0 aliphatic rings. The standard InChI is InChI=1S/C15H22N6O3/c1-4-15(2,3)20-14(18-10-16)19-12-7-5-6-11(21(12)24)13(23)17-8-9-22/h5-7,22,24H,4,8-9H2,1-3H3,(H2,17,18,20,23)/p+1. The highest BCUT2D eigenvalue weighted by atomic mass is 16.5. The lowest BCUT2D eigenvalue weighted by Crippen LogP contribution is -2.46. The molecular formula is C15H23N6O3+. The minimum absolute atomic E-state index is 0.0282. The molecule has 0 unspecified atom stereocenters. The van der Waals surface area contributed by atoms with Crippen LogP contribution in [0.2, 0.25) is 0 Å². The number of aliphatic imine (C=N–C) groups is 1. The second-order valence-electron chi connectivity index (χ2n) is 5.58. The zero-order valence-corrected chi connectivity index (χ0v) is 14.0. The third-order valence-electron chi connectivity index (χ3n) is 3.30. The summed E-state index contributed by atoms with van der Waals surface area (Å²) in [7, 11) is 0. The molecule has 1 heterocycles. The first-order chi connectivity index (χ1) is 11.3. The van der Waals surface area contributed by atoms with Gasteiger partial charge in [0, 0.05) is 12.6 Å². The monoisotopic (exact) mass is 335 g/mol. The van der Waals surface area contributed by atoms with Gasteiger partial charge < -0.3 is 15.6 Å². The van der Waals surface area contributed by atoms with Crippen LogP contribution in [0.15, 0.2) is 23.2 Å². The maximum Gasteiger partial charge on any atom is 0.322 e. The van der Waals surface area contributed by atoms with Crippen LogP contribution in [0.1, 0.15) is 37.7 Å². The van der Waals surface area contributed by atoms with Gasteiger partial charge in [0.15, 0.2) is 6.19 Å². The summed E-state index contributed by atoms with van der Waals surface area (Å²) in [5.74, 6) is -0.240. The SMILES string of the molecule is CCC(C)(C)N=C(NC#N)Nc1cccc(C(=O)NCCO)[n+]1O. The van der Waals surface area contributed by atoms with Crippen molar-refractivity contribution in [1.29, 1.82) is 5.26 Å². The van der Waals surface area contributed by atoms with Crippen LogP contribution in [0.3, 0.4) is 0 Å². The number of nitriles is 1. The molecular weight excluding hydrogens is 312 g/mol. The molecule has 9 nitrogen and oxygen atoms in total. The molecule has 0 aliphatic heterocycles. The van der Waals surface area contributed by atoms with Crippen LogP contribution in [0.25, 0.3) is 0 Å². The average Bonchev–Trinajstić information content (AvgIpc) is 2.54. The molecule has 5 N–H and O–H groups in total. The van der Waals surface area contributed by atoms with Gasteiger partial charge in [-0.05, 0) is 37.1 Å². The van der Waals surface area contributed by atoms with Gasteiger partial charge in [0.25, 0.3) is 5.91 Å². The predicted molar refractivity (Wildman–Crippen MR) is 87.4 cm³/mol. The zero-order valence-electron chi connectivity index (χ0n) is 14.0. The van der Waals surface area contributed by atoms with Crippen LogP contribution >= 0.6 is 0 Å². The van der Waals surface area contributed by atoms with Crippen molar-refractivity contribution in [3.05, 3.63) is 23.9 Å². The van der Waals surface area contributed by atoms with E-state index in [4.69, 9.17) is 10.4 Å². The number of nitrogens with one attached hydrogen (secondary N) is 3. The quantitative estimate of drug-likeness (QED) is 0.124. The summed E-state index contributed by atoms with van der Waals surface area (Å²) in [6, 6.07) is 4.51. The maximum absolute atomic E-state index is 11.9. The normalized spacial score (nSPS) is 11.5. The number of aliphatic hydroxyl groups is 1. The van der Waals surface area contributed by atoms with Crippen molar-refractivity contribution < 1.29 is 19.8 Å². The van der Waals surface area contributed by atoms with Crippen LogP contribution in [0, 0.1) is 11.5 Å². The predicted octanol–water partition coefficient (Wildman–Crippen LogP) is -0.0393. The number of carbonyl (C=O) groups excluding carboxylic acids is 1. The van der Waals surface area contributed by atoms with Gasteiger partial charge >= 0.3 is 11.8 Å². The first-order valence-electron chi connectivity index (χ1n) is 7.50. The zero-order chi connectivity index (χ0) is 18.2. The number of hydrogen-bond donors (Lipinski definition) is 5. The lowest BCUT2D eigenvalue weighted by molar-refractivity contribution is -0.894. The molecule has 0 aromatic carbocycles. The fraction of sp³-hybridized carbons (Fsp3) is 0.467. The van der Waals surface area contributed by atoms with Gasteiger partial charge in [0.2, 0.25) is 5.69 Å². The van der Waals surface area contributed by atoms with Crippen LogP contribution in [0.4, 0.5) is 5.82 Å². The highest BCUT2D eigenvalue weighted by Gasteiger charge is 2.23. The van der Waals surface area contributed by atoms with E-state index in [1.54, 1.807) is 12.3 Å². The molecule has 0 bridgehead atoms. The molecule has 1 amide bonds. The van der Waals surface area contributed by atoms with Crippen LogP contribution in [0.5, 0.6) is 0 Å². The van der Waals surface area contributed by atoms with Gasteiger partial charge in [-0.3, -0.25) is 4.79 Å².